The van der Waals surface area contributed by atoms with Crippen LogP contribution in [-0.2, 0) is 9.59 Å². The number of hydrogen-bond donors (Lipinski definition) is 0. The van der Waals surface area contributed by atoms with E-state index < -0.39 is 29.8 Å². The number of benzene rings is 2. The minimum absolute atomic E-state index is 0.155. The quantitative estimate of drug-likeness (QED) is 0.388. The number of thiophene rings is 1. The third kappa shape index (κ3) is 2.90. The molecule has 170 valence electrons. The monoisotopic (exact) mass is 490 g/mol. The molecular formula is C26H19ClN2O4S. The van der Waals surface area contributed by atoms with Crippen LogP contribution in [0, 0.1) is 11.8 Å². The van der Waals surface area contributed by atoms with Crippen molar-refractivity contribution in [2.45, 2.75) is 12.1 Å². The fraction of sp³-hybridized carbons (Fsp3) is 0.192. The van der Waals surface area contributed by atoms with Crippen LogP contribution in [0.3, 0.4) is 0 Å². The van der Waals surface area contributed by atoms with E-state index in [0.29, 0.717) is 21.3 Å². The molecule has 2 fully saturated rings. The number of imide groups is 1. The zero-order chi connectivity index (χ0) is 23.6. The van der Waals surface area contributed by atoms with Gasteiger partial charge in [-0.1, -0.05) is 41.9 Å². The first-order valence-corrected chi connectivity index (χ1v) is 12.1. The Bertz CT molecular complexity index is 1370. The van der Waals surface area contributed by atoms with Crippen LogP contribution in [0.1, 0.15) is 26.8 Å². The molecule has 34 heavy (non-hydrogen) atoms. The van der Waals surface area contributed by atoms with Gasteiger partial charge in [-0.05, 0) is 46.8 Å². The Morgan fingerprint density at radius 3 is 2.59 bits per heavy atom. The lowest BCUT2D eigenvalue weighted by Crippen LogP contribution is -2.44. The van der Waals surface area contributed by atoms with E-state index in [0.717, 1.165) is 16.0 Å². The lowest BCUT2D eigenvalue weighted by atomic mass is 9.84. The number of fused-ring (bicyclic) bond motifs is 5. The molecule has 2 aromatic carbocycles. The number of halogens is 1. The zero-order valence-electron chi connectivity index (χ0n) is 18.1. The van der Waals surface area contributed by atoms with Crippen LogP contribution >= 0.6 is 22.9 Å². The van der Waals surface area contributed by atoms with E-state index >= 15 is 0 Å². The van der Waals surface area contributed by atoms with Crippen LogP contribution in [0.4, 0.5) is 5.69 Å². The maximum absolute atomic E-state index is 13.9. The predicted molar refractivity (Wildman–Crippen MR) is 130 cm³/mol. The van der Waals surface area contributed by atoms with Crippen LogP contribution < -0.4 is 9.64 Å². The summed E-state index contributed by atoms with van der Waals surface area (Å²) in [5, 5.41) is 2.22. The fourth-order valence-corrected chi connectivity index (χ4v) is 6.36. The summed E-state index contributed by atoms with van der Waals surface area (Å²) in [7, 11) is 1.48. The second-order valence-corrected chi connectivity index (χ2v) is 9.89. The van der Waals surface area contributed by atoms with Crippen molar-refractivity contribution >= 4 is 52.3 Å². The highest BCUT2D eigenvalue weighted by Crippen LogP contribution is 2.54. The molecule has 0 saturated carbocycles. The van der Waals surface area contributed by atoms with Gasteiger partial charge in [0.05, 0.1) is 35.6 Å². The van der Waals surface area contributed by atoms with E-state index in [-0.39, 0.29) is 11.7 Å². The van der Waals surface area contributed by atoms with Gasteiger partial charge in [-0.25, -0.2) is 4.90 Å². The molecule has 3 aliphatic heterocycles. The molecule has 0 bridgehead atoms. The molecule has 4 atom stereocenters. The second kappa shape index (κ2) is 7.82. The molecule has 3 aliphatic rings. The van der Waals surface area contributed by atoms with Gasteiger partial charge in [-0.2, -0.15) is 0 Å². The first-order valence-electron chi connectivity index (χ1n) is 10.8. The van der Waals surface area contributed by atoms with Gasteiger partial charge in [0.15, 0.2) is 5.78 Å². The average molecular weight is 491 g/mol. The molecule has 0 spiro atoms. The van der Waals surface area contributed by atoms with E-state index in [2.05, 4.69) is 0 Å². The minimum atomic E-state index is -0.827. The van der Waals surface area contributed by atoms with Crippen molar-refractivity contribution in [1.29, 1.82) is 0 Å². The Morgan fingerprint density at radius 2 is 1.82 bits per heavy atom. The first-order chi connectivity index (χ1) is 16.5. The summed E-state index contributed by atoms with van der Waals surface area (Å²) in [4.78, 5) is 45.2. The van der Waals surface area contributed by atoms with Gasteiger partial charge < -0.3 is 9.64 Å². The molecule has 8 heteroatoms. The maximum Gasteiger partial charge on any atom is 0.240 e. The van der Waals surface area contributed by atoms with Crippen molar-refractivity contribution < 1.29 is 19.1 Å². The third-order valence-corrected chi connectivity index (χ3v) is 8.00. The summed E-state index contributed by atoms with van der Waals surface area (Å²) in [6.45, 7) is 0. The summed E-state index contributed by atoms with van der Waals surface area (Å²) >= 11 is 7.55. The predicted octanol–water partition coefficient (Wildman–Crippen LogP) is 4.81. The Kier molecular flexibility index (Phi) is 4.86. The summed E-state index contributed by atoms with van der Waals surface area (Å²) in [5.74, 6) is -2.09. The largest absolute Gasteiger partial charge is 0.495 e. The normalized spacial score (nSPS) is 24.8. The van der Waals surface area contributed by atoms with Gasteiger partial charge in [-0.15, -0.1) is 11.3 Å². The first kappa shape index (κ1) is 21.1. The van der Waals surface area contributed by atoms with E-state index in [9.17, 15) is 14.4 Å². The van der Waals surface area contributed by atoms with E-state index in [4.69, 9.17) is 16.3 Å². The summed E-state index contributed by atoms with van der Waals surface area (Å²) in [5.41, 5.74) is 2.21. The lowest BCUT2D eigenvalue weighted by molar-refractivity contribution is -0.123. The topological polar surface area (TPSA) is 66.9 Å². The second-order valence-electron chi connectivity index (χ2n) is 8.50. The van der Waals surface area contributed by atoms with Crippen LogP contribution in [0.25, 0.3) is 6.08 Å². The molecule has 0 N–H and O–H groups in total. The molecule has 3 aromatic rings. The molecule has 1 aromatic heterocycles. The van der Waals surface area contributed by atoms with Gasteiger partial charge in [0, 0.05) is 11.2 Å². The number of anilines is 1. The van der Waals surface area contributed by atoms with Crippen LogP contribution in [-0.4, -0.2) is 35.6 Å². The van der Waals surface area contributed by atoms with Crippen LogP contribution in [0.5, 0.6) is 5.75 Å². The molecular weight excluding hydrogens is 472 g/mol. The number of ether oxygens (including phenoxy) is 1. The fourth-order valence-electron chi connectivity index (χ4n) is 5.50. The molecule has 0 aliphatic carbocycles. The number of amides is 2. The van der Waals surface area contributed by atoms with E-state index in [1.807, 2.05) is 52.9 Å². The summed E-state index contributed by atoms with van der Waals surface area (Å²) < 4.78 is 5.44. The van der Waals surface area contributed by atoms with Crippen LogP contribution in [0.15, 0.2) is 66.2 Å². The SMILES string of the molecule is COc1ccc(Cl)cc1N1C(=O)[C@@H]2[C@H](C1=O)[C@@H]1c3ccccc3C=CN1[C@@H]2C(=O)c1cccs1. The molecule has 6 nitrogen and oxygen atoms in total. The molecule has 2 saturated heterocycles. The van der Waals surface area contributed by atoms with Gasteiger partial charge in [0.1, 0.15) is 11.8 Å². The highest BCUT2D eigenvalue weighted by molar-refractivity contribution is 7.12. The molecule has 0 unspecified atom stereocenters. The Balaban J connectivity index is 1.52. The maximum atomic E-state index is 13.9. The van der Waals surface area contributed by atoms with Crippen molar-refractivity contribution in [3.05, 3.63) is 87.2 Å². The zero-order valence-corrected chi connectivity index (χ0v) is 19.6. The highest BCUT2D eigenvalue weighted by Gasteiger charge is 2.64. The number of rotatable bonds is 4. The highest BCUT2D eigenvalue weighted by atomic mass is 35.5. The summed E-state index contributed by atoms with van der Waals surface area (Å²) in [6, 6.07) is 15.0. The number of carbonyl (C=O) groups excluding carboxylic acids is 3. The lowest BCUT2D eigenvalue weighted by Gasteiger charge is -2.35. The number of Topliss-reactive ketones (excluding diaryl/α,β-unsaturated/α-hetero) is 1. The van der Waals surface area contributed by atoms with Gasteiger partial charge in [0.25, 0.3) is 0 Å². The smallest absolute Gasteiger partial charge is 0.240 e. The van der Waals surface area contributed by atoms with Crippen molar-refractivity contribution in [3.63, 3.8) is 0 Å². The van der Waals surface area contributed by atoms with Crippen molar-refractivity contribution in [1.82, 2.24) is 4.90 Å². The number of nitrogens with zero attached hydrogens (tertiary/aromatic N) is 2. The number of ketones is 1. The third-order valence-electron chi connectivity index (χ3n) is 6.88. The number of hydrogen-bond acceptors (Lipinski definition) is 6. The molecule has 2 amide bonds. The Morgan fingerprint density at radius 1 is 1.03 bits per heavy atom. The molecule has 0 radical (unpaired) electrons. The number of methoxy groups -OCH3 is 1. The molecule has 4 heterocycles. The number of carbonyl (C=O) groups is 3. The minimum Gasteiger partial charge on any atom is -0.495 e. The average Bonchev–Trinajstić information content (AvgIpc) is 3.55. The van der Waals surface area contributed by atoms with E-state index in [1.165, 1.54) is 18.4 Å². The Hall–Kier alpha value is -3.42. The van der Waals surface area contributed by atoms with Crippen molar-refractivity contribution in [2.75, 3.05) is 12.0 Å². The standard InChI is InChI=1S/C26H19ClN2O4S/c1-33-18-9-8-15(27)13-17(18)29-25(31)20-21(26(29)32)23(24(30)19-7-4-12-34-19)28-11-10-14-5-2-3-6-16(14)22(20)28/h2-13,20-23H,1H3/t20-,21+,22-,23-/m0/s1. The van der Waals surface area contributed by atoms with E-state index in [1.54, 1.807) is 24.3 Å². The van der Waals surface area contributed by atoms with Gasteiger partial charge >= 0.3 is 0 Å². The van der Waals surface area contributed by atoms with Gasteiger partial charge in [0.2, 0.25) is 11.8 Å². The summed E-state index contributed by atoms with van der Waals surface area (Å²) in [6.07, 6.45) is 3.79. The van der Waals surface area contributed by atoms with Crippen molar-refractivity contribution in [3.8, 4) is 5.75 Å². The Labute approximate surface area is 205 Å². The van der Waals surface area contributed by atoms with Gasteiger partial charge in [-0.3, -0.25) is 14.4 Å². The molecule has 6 rings (SSSR count). The van der Waals surface area contributed by atoms with Crippen molar-refractivity contribution in [2.24, 2.45) is 11.8 Å². The van der Waals surface area contributed by atoms with Crippen LogP contribution in [0.2, 0.25) is 5.02 Å².